The quantitative estimate of drug-likeness (QED) is 0.272. The van der Waals surface area contributed by atoms with Crippen molar-refractivity contribution in [2.45, 2.75) is 90.4 Å². The largest absolute Gasteiger partial charge is 0.470 e. The van der Waals surface area contributed by atoms with Gasteiger partial charge in [0.2, 0.25) is 11.8 Å². The van der Waals surface area contributed by atoms with Gasteiger partial charge in [-0.1, -0.05) is 24.3 Å². The van der Waals surface area contributed by atoms with Crippen molar-refractivity contribution in [1.82, 2.24) is 40.0 Å². The minimum Gasteiger partial charge on any atom is -0.470 e. The molecule has 0 spiro atoms. The predicted molar refractivity (Wildman–Crippen MR) is 192 cm³/mol. The fraction of sp³-hybridized carbons (Fsp3) is 0.541. The predicted octanol–water partition coefficient (Wildman–Crippen LogP) is 5.03. The number of ether oxygens (including phenoxy) is 3. The molecule has 12 heteroatoms. The average Bonchev–Trinajstić information content (AvgIpc) is 3.70. The van der Waals surface area contributed by atoms with Crippen LogP contribution in [0.3, 0.4) is 0 Å². The highest BCUT2D eigenvalue weighted by atomic mass is 16.6. The first-order chi connectivity index (χ1) is 23.3. The van der Waals surface area contributed by atoms with Gasteiger partial charge in [-0.05, 0) is 86.8 Å². The molecule has 6 rings (SSSR count). The lowest BCUT2D eigenvalue weighted by Gasteiger charge is -2.31. The number of nitrogens with one attached hydrogen (secondary N) is 1. The molecule has 0 radical (unpaired) electrons. The number of rotatable bonds is 8. The van der Waals surface area contributed by atoms with Crippen LogP contribution in [0, 0.1) is 0 Å². The molecule has 0 saturated carbocycles. The van der Waals surface area contributed by atoms with E-state index in [9.17, 15) is 4.79 Å². The Morgan fingerprint density at radius 2 is 1.24 bits per heavy atom. The number of aromatic nitrogens is 4. The molecule has 0 bridgehead atoms. The van der Waals surface area contributed by atoms with E-state index in [-0.39, 0.29) is 24.3 Å². The minimum absolute atomic E-state index is 0.0424. The summed E-state index contributed by atoms with van der Waals surface area (Å²) in [5.74, 6) is 1.07. The zero-order valence-corrected chi connectivity index (χ0v) is 30.3. The molecular weight excluding hydrogens is 620 g/mol. The maximum atomic E-state index is 12.6. The molecule has 264 valence electrons. The molecule has 4 unspecified atom stereocenters. The first-order valence-electron chi connectivity index (χ1n) is 17.2. The second kappa shape index (κ2) is 15.6. The van der Waals surface area contributed by atoms with Gasteiger partial charge in [-0.3, -0.25) is 9.80 Å². The van der Waals surface area contributed by atoms with E-state index in [1.54, 1.807) is 17.3 Å². The first-order valence-corrected chi connectivity index (χ1v) is 17.2. The summed E-state index contributed by atoms with van der Waals surface area (Å²) in [5.41, 5.74) is 2.85. The van der Waals surface area contributed by atoms with E-state index in [1.165, 1.54) is 0 Å². The van der Waals surface area contributed by atoms with Gasteiger partial charge in [0.25, 0.3) is 0 Å². The summed E-state index contributed by atoms with van der Waals surface area (Å²) in [4.78, 5) is 36.8. The summed E-state index contributed by atoms with van der Waals surface area (Å²) < 4.78 is 17.9. The number of fused-ring (bicyclic) bond motifs is 2. The number of carbonyl (C=O) groups is 1. The van der Waals surface area contributed by atoms with E-state index in [0.29, 0.717) is 43.0 Å². The third kappa shape index (κ3) is 9.31. The second-order valence-electron chi connectivity index (χ2n) is 14.4. The van der Waals surface area contributed by atoms with Crippen LogP contribution < -0.4 is 14.8 Å². The molecular formula is C37H52N8O4. The second-order valence-corrected chi connectivity index (χ2v) is 14.4. The Labute approximate surface area is 290 Å². The molecule has 4 aromatic rings. The number of benzene rings is 2. The van der Waals surface area contributed by atoms with Gasteiger partial charge in [-0.2, -0.15) is 0 Å². The van der Waals surface area contributed by atoms with Gasteiger partial charge in [-0.15, -0.1) is 0 Å². The first kappa shape index (κ1) is 36.2. The van der Waals surface area contributed by atoms with E-state index < -0.39 is 5.60 Å². The highest BCUT2D eigenvalue weighted by molar-refractivity contribution is 5.74. The highest BCUT2D eigenvalue weighted by Gasteiger charge is 2.41. The molecule has 4 heterocycles. The van der Waals surface area contributed by atoms with E-state index in [1.807, 2.05) is 69.3 Å². The Balaban J connectivity index is 0.000000199. The van der Waals surface area contributed by atoms with Crippen LogP contribution in [0.5, 0.6) is 11.8 Å². The molecule has 0 aliphatic carbocycles. The summed E-state index contributed by atoms with van der Waals surface area (Å²) in [6.07, 6.45) is 2.94. The topological polar surface area (TPSA) is 118 Å². The van der Waals surface area contributed by atoms with E-state index in [4.69, 9.17) is 14.2 Å². The molecule has 49 heavy (non-hydrogen) atoms. The smallest absolute Gasteiger partial charge is 0.410 e. The van der Waals surface area contributed by atoms with E-state index in [0.717, 1.165) is 35.2 Å². The van der Waals surface area contributed by atoms with Gasteiger partial charge >= 0.3 is 6.09 Å². The summed E-state index contributed by atoms with van der Waals surface area (Å²) in [7, 11) is 4.20. The number of hydrogen-bond acceptors (Lipinski definition) is 11. The highest BCUT2D eigenvalue weighted by Crippen LogP contribution is 2.25. The number of nitrogens with zero attached hydrogens (tertiary/aromatic N) is 7. The maximum Gasteiger partial charge on any atom is 0.410 e. The van der Waals surface area contributed by atoms with Crippen LogP contribution in [0.25, 0.3) is 22.1 Å². The maximum absolute atomic E-state index is 12.6. The van der Waals surface area contributed by atoms with Crippen molar-refractivity contribution in [3.05, 3.63) is 60.9 Å². The van der Waals surface area contributed by atoms with Crippen LogP contribution in [0.1, 0.15) is 48.5 Å². The lowest BCUT2D eigenvalue weighted by molar-refractivity contribution is 0.0272. The summed E-state index contributed by atoms with van der Waals surface area (Å²) in [5, 5.41) is 3.40. The van der Waals surface area contributed by atoms with Gasteiger partial charge in [0, 0.05) is 31.7 Å². The molecule has 2 aromatic carbocycles. The molecule has 12 nitrogen and oxygen atoms in total. The van der Waals surface area contributed by atoms with Crippen molar-refractivity contribution < 1.29 is 19.0 Å². The lowest BCUT2D eigenvalue weighted by atomic mass is 10.1. The number of carbonyl (C=O) groups excluding carboxylic acids is 1. The Hall–Kier alpha value is -4.13. The molecule has 2 aromatic heterocycles. The van der Waals surface area contributed by atoms with Crippen LogP contribution in [-0.2, 0) is 4.74 Å². The number of likely N-dealkylation sites (N-methyl/N-ethyl adjacent to an activating group) is 2. The minimum atomic E-state index is -0.528. The summed E-state index contributed by atoms with van der Waals surface area (Å²) >= 11 is 0. The van der Waals surface area contributed by atoms with Gasteiger partial charge < -0.3 is 24.4 Å². The lowest BCUT2D eigenvalue weighted by Crippen LogP contribution is -2.46. The standard InChI is InChI=1S/C21H30N4O3.C16H22N4O/c1-14(2)24(6)17-12-25(20(26)28-21(3,4)5)13-18(17)27-19-11-22-15-9-7-8-10-16(15)23-19;1-11(2)20(3)14-8-17-9-15(14)21-16-10-18-12-6-4-5-7-13(12)19-16/h7-11,14,17-18H,12-13H2,1-6H3;4-7,10-11,14-15,17H,8-9H2,1-3H3. The molecule has 2 saturated heterocycles. The Kier molecular flexibility index (Phi) is 11.5. The average molecular weight is 673 g/mol. The zero-order chi connectivity index (χ0) is 35.3. The van der Waals surface area contributed by atoms with Crippen LogP contribution in [0.15, 0.2) is 60.9 Å². The van der Waals surface area contributed by atoms with Crippen molar-refractivity contribution in [2.24, 2.45) is 0 Å². The monoisotopic (exact) mass is 672 g/mol. The van der Waals surface area contributed by atoms with E-state index >= 15 is 0 Å². The van der Waals surface area contributed by atoms with Crippen LogP contribution >= 0.6 is 0 Å². The fourth-order valence-corrected chi connectivity index (χ4v) is 5.98. The SMILES string of the molecule is CC(C)N(C)C1CN(C(=O)OC(C)(C)C)CC1Oc1cnc2ccccc2n1.CC(C)N(C)C1CNCC1Oc1cnc2ccccc2n1. The Morgan fingerprint density at radius 1 is 0.755 bits per heavy atom. The summed E-state index contributed by atoms with van der Waals surface area (Å²) in [6.45, 7) is 17.1. The Morgan fingerprint density at radius 3 is 1.76 bits per heavy atom. The number of hydrogen-bond donors (Lipinski definition) is 1. The molecule has 2 fully saturated rings. The van der Waals surface area contributed by atoms with Gasteiger partial charge in [-0.25, -0.2) is 24.7 Å². The molecule has 4 atom stereocenters. The molecule has 1 amide bonds. The number of likely N-dealkylation sites (tertiary alicyclic amines) is 1. The van der Waals surface area contributed by atoms with Gasteiger partial charge in [0.05, 0.1) is 53.1 Å². The van der Waals surface area contributed by atoms with Crippen molar-refractivity contribution in [2.75, 3.05) is 40.3 Å². The third-order valence-corrected chi connectivity index (χ3v) is 9.09. The van der Waals surface area contributed by atoms with Crippen molar-refractivity contribution in [3.8, 4) is 11.8 Å². The van der Waals surface area contributed by atoms with Crippen LogP contribution in [0.2, 0.25) is 0 Å². The number of para-hydroxylation sites is 4. The van der Waals surface area contributed by atoms with Crippen molar-refractivity contribution in [3.63, 3.8) is 0 Å². The normalized spacial score (nSPS) is 21.1. The zero-order valence-electron chi connectivity index (χ0n) is 30.3. The third-order valence-electron chi connectivity index (χ3n) is 9.09. The van der Waals surface area contributed by atoms with Crippen LogP contribution in [-0.4, -0.2) is 123 Å². The molecule has 2 aliphatic heterocycles. The van der Waals surface area contributed by atoms with Crippen molar-refractivity contribution in [1.29, 1.82) is 0 Å². The van der Waals surface area contributed by atoms with Gasteiger partial charge in [0.1, 0.15) is 17.8 Å². The Bertz CT molecular complexity index is 1700. The van der Waals surface area contributed by atoms with Gasteiger partial charge in [0.15, 0.2) is 0 Å². The summed E-state index contributed by atoms with van der Waals surface area (Å²) in [6, 6.07) is 16.7. The fourth-order valence-electron chi connectivity index (χ4n) is 5.98. The van der Waals surface area contributed by atoms with Crippen molar-refractivity contribution >= 4 is 28.2 Å². The van der Waals surface area contributed by atoms with E-state index in [2.05, 4.69) is 76.8 Å². The van der Waals surface area contributed by atoms with Crippen LogP contribution in [0.4, 0.5) is 4.79 Å². The molecule has 2 aliphatic rings. The molecule has 1 N–H and O–H groups in total. The number of amides is 1.